The molecule has 188 valence electrons. The first-order chi connectivity index (χ1) is 16.8. The van der Waals surface area contributed by atoms with Crippen LogP contribution in [0.5, 0.6) is 0 Å². The summed E-state index contributed by atoms with van der Waals surface area (Å²) in [7, 11) is 0. The van der Waals surface area contributed by atoms with Gasteiger partial charge in [0.15, 0.2) is 11.6 Å². The fourth-order valence-corrected chi connectivity index (χ4v) is 3.61. The number of carbonyl (C=O) groups excluding carboxylic acids is 2. The number of aryl methyl sites for hydroxylation is 1. The molecule has 0 radical (unpaired) electrons. The zero-order valence-corrected chi connectivity index (χ0v) is 21.5. The normalized spacial score (nSPS) is 12.0. The number of hydrogen-bond donors (Lipinski definition) is 0. The molecule has 0 saturated carbocycles. The highest BCUT2D eigenvalue weighted by atomic mass is 16.6. The van der Waals surface area contributed by atoms with E-state index in [1.165, 1.54) is 6.20 Å². The van der Waals surface area contributed by atoms with E-state index in [2.05, 4.69) is 10.1 Å². The van der Waals surface area contributed by atoms with Crippen molar-refractivity contribution in [2.45, 2.75) is 59.7 Å². The predicted octanol–water partition coefficient (Wildman–Crippen LogP) is 6.67. The van der Waals surface area contributed by atoms with Gasteiger partial charge in [0, 0.05) is 11.6 Å². The summed E-state index contributed by atoms with van der Waals surface area (Å²) in [5.41, 5.74) is 0.593. The minimum absolute atomic E-state index is 0.0984. The van der Waals surface area contributed by atoms with Crippen LogP contribution in [0.25, 0.3) is 27.9 Å². The average molecular weight is 491 g/mol. The number of benzene rings is 1. The first kappa shape index (κ1) is 25.0. The number of imide groups is 1. The van der Waals surface area contributed by atoms with Crippen molar-refractivity contribution in [3.05, 3.63) is 60.6 Å². The SMILES string of the molecule is Cc1cc(-c2ccco2)n(-c2ccc3ccnc(N(C(=O)OC(C)(C)C)C(=O)OC(C)(C)C)c3c2)n1. The fraction of sp³-hybridized carbons (Fsp3) is 0.333. The number of furan rings is 1. The summed E-state index contributed by atoms with van der Waals surface area (Å²) < 4.78 is 18.4. The van der Waals surface area contributed by atoms with E-state index in [0.717, 1.165) is 21.7 Å². The zero-order valence-electron chi connectivity index (χ0n) is 21.5. The highest BCUT2D eigenvalue weighted by Crippen LogP contribution is 2.31. The van der Waals surface area contributed by atoms with Gasteiger partial charge in [-0.15, -0.1) is 0 Å². The number of pyridine rings is 1. The number of nitrogens with zero attached hydrogens (tertiary/aromatic N) is 4. The quantitative estimate of drug-likeness (QED) is 0.316. The summed E-state index contributed by atoms with van der Waals surface area (Å²) in [5.74, 6) is 0.757. The molecule has 0 atom stereocenters. The molecular formula is C27H30N4O5. The molecule has 4 rings (SSSR count). The van der Waals surface area contributed by atoms with Crippen LogP contribution in [-0.4, -0.2) is 38.2 Å². The molecule has 0 saturated heterocycles. The Balaban J connectivity index is 1.88. The van der Waals surface area contributed by atoms with Gasteiger partial charge in [0.05, 0.1) is 17.6 Å². The smallest absolute Gasteiger partial charge is 0.425 e. The Labute approximate surface area is 209 Å². The lowest BCUT2D eigenvalue weighted by Crippen LogP contribution is -2.44. The van der Waals surface area contributed by atoms with E-state index in [1.807, 2.05) is 43.3 Å². The van der Waals surface area contributed by atoms with Gasteiger partial charge in [-0.2, -0.15) is 10.00 Å². The maximum Gasteiger partial charge on any atom is 0.425 e. The van der Waals surface area contributed by atoms with Gasteiger partial charge >= 0.3 is 12.2 Å². The van der Waals surface area contributed by atoms with Crippen molar-refractivity contribution >= 4 is 28.8 Å². The molecule has 0 aliphatic carbocycles. The monoisotopic (exact) mass is 490 g/mol. The third kappa shape index (κ3) is 5.40. The minimum Gasteiger partial charge on any atom is -0.463 e. The summed E-state index contributed by atoms with van der Waals surface area (Å²) >= 11 is 0. The van der Waals surface area contributed by atoms with E-state index in [9.17, 15) is 9.59 Å². The molecule has 0 spiro atoms. The van der Waals surface area contributed by atoms with Gasteiger partial charge < -0.3 is 13.9 Å². The van der Waals surface area contributed by atoms with Crippen molar-refractivity contribution in [1.82, 2.24) is 14.8 Å². The minimum atomic E-state index is -0.881. The van der Waals surface area contributed by atoms with Gasteiger partial charge in [-0.25, -0.2) is 19.3 Å². The van der Waals surface area contributed by atoms with Crippen LogP contribution in [0.15, 0.2) is 59.3 Å². The fourth-order valence-electron chi connectivity index (χ4n) is 3.61. The second-order valence-electron chi connectivity index (χ2n) is 10.4. The van der Waals surface area contributed by atoms with Crippen LogP contribution in [0.2, 0.25) is 0 Å². The second-order valence-corrected chi connectivity index (χ2v) is 10.4. The Morgan fingerprint density at radius 1 is 0.944 bits per heavy atom. The Morgan fingerprint density at radius 3 is 2.19 bits per heavy atom. The number of amides is 2. The van der Waals surface area contributed by atoms with Crippen molar-refractivity contribution in [1.29, 1.82) is 0 Å². The van der Waals surface area contributed by atoms with Crippen molar-refractivity contribution < 1.29 is 23.5 Å². The third-order valence-corrected chi connectivity index (χ3v) is 4.94. The lowest BCUT2D eigenvalue weighted by molar-refractivity contribution is 0.0429. The van der Waals surface area contributed by atoms with Crippen LogP contribution in [0, 0.1) is 6.92 Å². The van der Waals surface area contributed by atoms with Crippen LogP contribution in [0.4, 0.5) is 15.4 Å². The molecule has 0 unspecified atom stereocenters. The van der Waals surface area contributed by atoms with Crippen LogP contribution >= 0.6 is 0 Å². The van der Waals surface area contributed by atoms with E-state index in [-0.39, 0.29) is 5.82 Å². The number of rotatable bonds is 3. The highest BCUT2D eigenvalue weighted by molar-refractivity contribution is 6.14. The Kier molecular flexibility index (Phi) is 6.34. The number of aromatic nitrogens is 3. The van der Waals surface area contributed by atoms with Crippen LogP contribution in [0.3, 0.4) is 0 Å². The van der Waals surface area contributed by atoms with Gasteiger partial charge in [-0.1, -0.05) is 6.07 Å². The molecule has 0 aliphatic rings. The number of anilines is 1. The lowest BCUT2D eigenvalue weighted by atomic mass is 10.1. The number of fused-ring (bicyclic) bond motifs is 1. The van der Waals surface area contributed by atoms with Crippen LogP contribution in [0.1, 0.15) is 47.2 Å². The second kappa shape index (κ2) is 9.14. The number of ether oxygens (including phenoxy) is 2. The highest BCUT2D eigenvalue weighted by Gasteiger charge is 2.34. The van der Waals surface area contributed by atoms with Crippen molar-refractivity contribution in [3.8, 4) is 17.1 Å². The van der Waals surface area contributed by atoms with Gasteiger partial charge in [-0.05, 0) is 90.3 Å². The molecule has 0 bridgehead atoms. The number of hydrogen-bond acceptors (Lipinski definition) is 7. The first-order valence-electron chi connectivity index (χ1n) is 11.6. The van der Waals surface area contributed by atoms with Crippen molar-refractivity contribution in [2.24, 2.45) is 0 Å². The molecule has 2 amide bonds. The molecule has 9 nitrogen and oxygen atoms in total. The van der Waals surface area contributed by atoms with Crippen molar-refractivity contribution in [3.63, 3.8) is 0 Å². The Hall–Kier alpha value is -4.14. The van der Waals surface area contributed by atoms with Crippen LogP contribution in [-0.2, 0) is 9.47 Å². The molecule has 3 aromatic heterocycles. The topological polar surface area (TPSA) is 99.7 Å². The first-order valence-corrected chi connectivity index (χ1v) is 11.6. The van der Waals surface area contributed by atoms with E-state index in [0.29, 0.717) is 16.8 Å². The van der Waals surface area contributed by atoms with E-state index in [1.54, 1.807) is 58.6 Å². The molecule has 3 heterocycles. The molecule has 4 aromatic rings. The van der Waals surface area contributed by atoms with E-state index in [4.69, 9.17) is 13.9 Å². The van der Waals surface area contributed by atoms with Gasteiger partial charge in [0.2, 0.25) is 0 Å². The van der Waals surface area contributed by atoms with Gasteiger partial charge in [0.25, 0.3) is 0 Å². The summed E-state index contributed by atoms with van der Waals surface area (Å²) in [6.07, 6.45) is 1.37. The molecule has 36 heavy (non-hydrogen) atoms. The van der Waals surface area contributed by atoms with Gasteiger partial charge in [-0.3, -0.25) is 0 Å². The summed E-state index contributed by atoms with van der Waals surface area (Å²) in [4.78, 5) is 31.7. The maximum absolute atomic E-state index is 13.2. The van der Waals surface area contributed by atoms with Crippen LogP contribution < -0.4 is 4.90 Å². The summed E-state index contributed by atoms with van der Waals surface area (Å²) in [6, 6.07) is 13.0. The maximum atomic E-state index is 13.2. The molecule has 0 aliphatic heterocycles. The molecule has 0 N–H and O–H groups in total. The molecule has 9 heteroatoms. The Bertz CT molecular complexity index is 1380. The lowest BCUT2D eigenvalue weighted by Gasteiger charge is -2.28. The molecule has 0 fully saturated rings. The van der Waals surface area contributed by atoms with Gasteiger partial charge in [0.1, 0.15) is 16.9 Å². The van der Waals surface area contributed by atoms with Crippen molar-refractivity contribution in [2.75, 3.05) is 4.90 Å². The summed E-state index contributed by atoms with van der Waals surface area (Å²) in [5, 5.41) is 5.94. The predicted molar refractivity (Wildman–Crippen MR) is 136 cm³/mol. The standard InChI is InChI=1S/C27H30N4O5/c1-17-15-21(22-9-8-14-34-22)31(29-17)19-11-10-18-12-13-28-23(20(18)16-19)30(24(32)35-26(2,3)4)25(33)36-27(5,6)7/h8-16H,1-7H3. The Morgan fingerprint density at radius 2 is 1.61 bits per heavy atom. The molecular weight excluding hydrogens is 460 g/mol. The largest absolute Gasteiger partial charge is 0.463 e. The van der Waals surface area contributed by atoms with E-state index < -0.39 is 23.4 Å². The number of carbonyl (C=O) groups is 2. The summed E-state index contributed by atoms with van der Waals surface area (Å²) in [6.45, 7) is 12.2. The average Bonchev–Trinajstić information content (AvgIpc) is 3.40. The third-order valence-electron chi connectivity index (χ3n) is 4.94. The van der Waals surface area contributed by atoms with E-state index >= 15 is 0 Å². The zero-order chi connectivity index (χ0) is 26.3. The molecule has 1 aromatic carbocycles.